The smallest absolute Gasteiger partial charge is 0.336 e. The Morgan fingerprint density at radius 2 is 1.90 bits per heavy atom. The van der Waals surface area contributed by atoms with Crippen molar-refractivity contribution in [2.45, 2.75) is 20.8 Å². The van der Waals surface area contributed by atoms with E-state index in [1.54, 1.807) is 19.9 Å². The first-order chi connectivity index (χ1) is 9.40. The van der Waals surface area contributed by atoms with Crippen molar-refractivity contribution in [2.75, 3.05) is 18.4 Å². The van der Waals surface area contributed by atoms with Crippen LogP contribution in [0.3, 0.4) is 0 Å². The molecule has 1 aromatic rings. The van der Waals surface area contributed by atoms with Gasteiger partial charge >= 0.3 is 5.97 Å². The van der Waals surface area contributed by atoms with Crippen LogP contribution in [0.1, 0.15) is 28.4 Å². The maximum Gasteiger partial charge on any atom is 0.336 e. The summed E-state index contributed by atoms with van der Waals surface area (Å²) in [4.78, 5) is 23.3. The van der Waals surface area contributed by atoms with Crippen LogP contribution in [0.15, 0.2) is 23.3 Å². The van der Waals surface area contributed by atoms with Crippen molar-refractivity contribution in [1.29, 1.82) is 0 Å². The lowest BCUT2D eigenvalue weighted by atomic mass is 10.0. The van der Waals surface area contributed by atoms with Gasteiger partial charge in [0.15, 0.2) is 0 Å². The van der Waals surface area contributed by atoms with E-state index >= 15 is 0 Å². The highest BCUT2D eigenvalue weighted by molar-refractivity contribution is 6.04. The number of anilines is 1. The molecule has 1 amide bonds. The zero-order chi connectivity index (χ0) is 14.9. The molecule has 2 rings (SSSR count). The van der Waals surface area contributed by atoms with Gasteiger partial charge in [-0.3, -0.25) is 4.79 Å². The van der Waals surface area contributed by atoms with Crippen molar-refractivity contribution in [1.82, 2.24) is 5.32 Å². The Kier molecular flexibility index (Phi) is 3.90. The summed E-state index contributed by atoms with van der Waals surface area (Å²) in [6.45, 7) is 6.86. The van der Waals surface area contributed by atoms with E-state index in [4.69, 9.17) is 5.11 Å². The molecule has 3 N–H and O–H groups in total. The zero-order valence-electron chi connectivity index (χ0n) is 11.8. The average Bonchev–Trinajstić information content (AvgIpc) is 2.30. The number of carboxylic acid groups (broad SMARTS) is 1. The lowest BCUT2D eigenvalue weighted by molar-refractivity contribution is -0.112. The molecule has 0 bridgehead atoms. The first-order valence-corrected chi connectivity index (χ1v) is 6.45. The molecule has 0 spiro atoms. The fourth-order valence-electron chi connectivity index (χ4n) is 2.05. The molecule has 1 aliphatic rings. The van der Waals surface area contributed by atoms with Crippen LogP contribution in [0.2, 0.25) is 0 Å². The van der Waals surface area contributed by atoms with Crippen molar-refractivity contribution in [3.8, 4) is 0 Å². The van der Waals surface area contributed by atoms with Crippen molar-refractivity contribution >= 4 is 17.6 Å². The van der Waals surface area contributed by atoms with E-state index in [2.05, 4.69) is 10.6 Å². The monoisotopic (exact) mass is 274 g/mol. The Morgan fingerprint density at radius 1 is 1.25 bits per heavy atom. The van der Waals surface area contributed by atoms with E-state index in [9.17, 15) is 9.59 Å². The van der Waals surface area contributed by atoms with Crippen LogP contribution in [0.5, 0.6) is 0 Å². The second-order valence-corrected chi connectivity index (χ2v) is 5.06. The van der Waals surface area contributed by atoms with E-state index in [0.29, 0.717) is 16.8 Å². The van der Waals surface area contributed by atoms with Gasteiger partial charge in [-0.15, -0.1) is 0 Å². The predicted octanol–water partition coefficient (Wildman–Crippen LogP) is 1.86. The average molecular weight is 274 g/mol. The van der Waals surface area contributed by atoms with Gasteiger partial charge in [0.25, 0.3) is 5.91 Å². The molecule has 106 valence electrons. The minimum atomic E-state index is -0.986. The maximum absolute atomic E-state index is 12.1. The minimum Gasteiger partial charge on any atom is -0.478 e. The molecule has 0 aliphatic carbocycles. The number of aryl methyl sites for hydroxylation is 1. The van der Waals surface area contributed by atoms with E-state index in [0.717, 1.165) is 24.2 Å². The summed E-state index contributed by atoms with van der Waals surface area (Å²) >= 11 is 0. The second kappa shape index (κ2) is 5.46. The third-order valence-corrected chi connectivity index (χ3v) is 3.70. The van der Waals surface area contributed by atoms with Crippen LogP contribution in [0.4, 0.5) is 5.69 Å². The van der Waals surface area contributed by atoms with Gasteiger partial charge in [0.05, 0.1) is 5.56 Å². The molecule has 1 aliphatic heterocycles. The normalized spacial score (nSPS) is 13.7. The third-order valence-electron chi connectivity index (χ3n) is 3.70. The van der Waals surface area contributed by atoms with Crippen LogP contribution in [0.25, 0.3) is 0 Å². The number of aromatic carboxylic acids is 1. The number of rotatable bonds is 3. The number of hydrogen-bond donors (Lipinski definition) is 3. The highest BCUT2D eigenvalue weighted by atomic mass is 16.4. The molecule has 1 heterocycles. The van der Waals surface area contributed by atoms with Gasteiger partial charge < -0.3 is 15.7 Å². The quantitative estimate of drug-likeness (QED) is 0.735. The van der Waals surface area contributed by atoms with E-state index in [-0.39, 0.29) is 11.5 Å². The van der Waals surface area contributed by atoms with Gasteiger partial charge in [-0.05, 0) is 49.6 Å². The molecule has 20 heavy (non-hydrogen) atoms. The first-order valence-electron chi connectivity index (χ1n) is 6.45. The Hall–Kier alpha value is -2.14. The molecule has 0 aromatic heterocycles. The lowest BCUT2D eigenvalue weighted by Gasteiger charge is -2.21. The molecule has 5 nitrogen and oxygen atoms in total. The van der Waals surface area contributed by atoms with E-state index in [1.807, 2.05) is 6.92 Å². The number of nitrogens with one attached hydrogen (secondary N) is 2. The van der Waals surface area contributed by atoms with Gasteiger partial charge in [-0.1, -0.05) is 0 Å². The second-order valence-electron chi connectivity index (χ2n) is 5.06. The summed E-state index contributed by atoms with van der Waals surface area (Å²) in [6.07, 6.45) is 0. The summed E-state index contributed by atoms with van der Waals surface area (Å²) in [6, 6.07) is 3.29. The van der Waals surface area contributed by atoms with Gasteiger partial charge in [0.2, 0.25) is 0 Å². The molecule has 0 atom stereocenters. The highest BCUT2D eigenvalue weighted by Gasteiger charge is 2.17. The predicted molar refractivity (Wildman–Crippen MR) is 77.1 cm³/mol. The Morgan fingerprint density at radius 3 is 2.40 bits per heavy atom. The standard InChI is InChI=1S/C15H18N2O3/c1-8-4-12(5-13(9(8)2)15(19)20)17-14(18)10(3)11-6-16-7-11/h4-5,16H,6-7H2,1-3H3,(H,17,18)(H,19,20). The molecule has 1 saturated heterocycles. The molecular weight excluding hydrogens is 256 g/mol. The highest BCUT2D eigenvalue weighted by Crippen LogP contribution is 2.21. The number of hydrogen-bond acceptors (Lipinski definition) is 3. The largest absolute Gasteiger partial charge is 0.478 e. The van der Waals surface area contributed by atoms with Crippen LogP contribution in [-0.4, -0.2) is 30.1 Å². The van der Waals surface area contributed by atoms with Crippen LogP contribution < -0.4 is 10.6 Å². The van der Waals surface area contributed by atoms with Crippen molar-refractivity contribution in [2.24, 2.45) is 0 Å². The summed E-state index contributed by atoms with van der Waals surface area (Å²) in [7, 11) is 0. The van der Waals surface area contributed by atoms with Crippen molar-refractivity contribution < 1.29 is 14.7 Å². The molecular formula is C15H18N2O3. The maximum atomic E-state index is 12.1. The first kappa shape index (κ1) is 14.3. The topological polar surface area (TPSA) is 78.4 Å². The van der Waals surface area contributed by atoms with E-state index in [1.165, 1.54) is 6.07 Å². The Bertz CT molecular complexity index is 612. The van der Waals surface area contributed by atoms with Gasteiger partial charge in [-0.25, -0.2) is 4.79 Å². The SMILES string of the molecule is CC(C(=O)Nc1cc(C)c(C)c(C(=O)O)c1)=C1CNC1. The zero-order valence-corrected chi connectivity index (χ0v) is 11.8. The molecule has 1 aromatic carbocycles. The number of amides is 1. The van der Waals surface area contributed by atoms with E-state index < -0.39 is 5.97 Å². The van der Waals surface area contributed by atoms with Crippen molar-refractivity contribution in [3.63, 3.8) is 0 Å². The molecule has 1 fully saturated rings. The fourth-order valence-corrected chi connectivity index (χ4v) is 2.05. The number of carboxylic acids is 1. The number of carbonyl (C=O) groups is 2. The van der Waals surface area contributed by atoms with Gasteiger partial charge in [0, 0.05) is 24.4 Å². The fraction of sp³-hybridized carbons (Fsp3) is 0.333. The lowest BCUT2D eigenvalue weighted by Crippen LogP contribution is -2.36. The minimum absolute atomic E-state index is 0.180. The number of benzene rings is 1. The molecule has 0 unspecified atom stereocenters. The van der Waals surface area contributed by atoms with Crippen LogP contribution in [-0.2, 0) is 4.79 Å². The Labute approximate surface area is 117 Å². The number of carbonyl (C=O) groups excluding carboxylic acids is 1. The summed E-state index contributed by atoms with van der Waals surface area (Å²) in [5.41, 5.74) is 4.08. The van der Waals surface area contributed by atoms with Gasteiger partial charge in [0.1, 0.15) is 0 Å². The molecule has 0 radical (unpaired) electrons. The Balaban J connectivity index is 2.26. The molecule has 5 heteroatoms. The van der Waals surface area contributed by atoms with Crippen LogP contribution in [0, 0.1) is 13.8 Å². The summed E-state index contributed by atoms with van der Waals surface area (Å²) in [5.74, 6) is -1.17. The summed E-state index contributed by atoms with van der Waals surface area (Å²) in [5, 5.41) is 15.0. The summed E-state index contributed by atoms with van der Waals surface area (Å²) < 4.78 is 0. The van der Waals surface area contributed by atoms with Crippen molar-refractivity contribution in [3.05, 3.63) is 40.0 Å². The molecule has 0 saturated carbocycles. The van der Waals surface area contributed by atoms with Gasteiger partial charge in [-0.2, -0.15) is 0 Å². The third kappa shape index (κ3) is 2.72. The van der Waals surface area contributed by atoms with Crippen LogP contribution >= 0.6 is 0 Å².